The van der Waals surface area contributed by atoms with Crippen LogP contribution in [0.5, 0.6) is 11.5 Å². The molecule has 4 heteroatoms. The molecule has 19 heavy (non-hydrogen) atoms. The Labute approximate surface area is 111 Å². The largest absolute Gasteiger partial charge is 0.504 e. The molecular weight excluding hydrogens is 242 g/mol. The third kappa shape index (κ3) is 3.04. The fourth-order valence-corrected chi connectivity index (χ4v) is 1.74. The molecule has 0 heterocycles. The van der Waals surface area contributed by atoms with Crippen molar-refractivity contribution in [3.8, 4) is 11.5 Å². The zero-order valence-corrected chi connectivity index (χ0v) is 10.6. The molecule has 0 radical (unpaired) electrons. The molecule has 2 aromatic carbocycles. The average Bonchev–Trinajstić information content (AvgIpc) is 2.40. The van der Waals surface area contributed by atoms with Gasteiger partial charge >= 0.3 is 0 Å². The number of nitrogen functional groups attached to an aromatic ring is 1. The van der Waals surface area contributed by atoms with Crippen LogP contribution in [0.3, 0.4) is 0 Å². The number of aromatic hydroxyl groups is 1. The summed E-state index contributed by atoms with van der Waals surface area (Å²) in [5, 5.41) is 9.81. The Morgan fingerprint density at radius 1 is 1.26 bits per heavy atom. The molecule has 0 atom stereocenters. The van der Waals surface area contributed by atoms with E-state index >= 15 is 0 Å². The van der Waals surface area contributed by atoms with Gasteiger partial charge in [0.25, 0.3) is 0 Å². The predicted molar refractivity (Wildman–Crippen MR) is 73.3 cm³/mol. The van der Waals surface area contributed by atoms with Crippen LogP contribution >= 0.6 is 0 Å². The molecule has 0 unspecified atom stereocenters. The van der Waals surface area contributed by atoms with Crippen molar-refractivity contribution in [3.63, 3.8) is 0 Å². The van der Waals surface area contributed by atoms with Gasteiger partial charge in [0.15, 0.2) is 17.3 Å². The summed E-state index contributed by atoms with van der Waals surface area (Å²) in [4.78, 5) is 11.3. The molecule has 0 spiro atoms. The van der Waals surface area contributed by atoms with Crippen molar-refractivity contribution >= 4 is 11.5 Å². The molecule has 0 aliphatic carbocycles. The Balaban J connectivity index is 2.17. The van der Waals surface area contributed by atoms with Gasteiger partial charge in [-0.15, -0.1) is 0 Å². The third-order valence-electron chi connectivity index (χ3n) is 2.75. The van der Waals surface area contributed by atoms with Gasteiger partial charge in [-0.05, 0) is 18.6 Å². The highest BCUT2D eigenvalue weighted by Gasteiger charge is 2.11. The SMILES string of the molecule is CC(=O)c1cc(O)c(OCc2ccccc2)cc1N. The first-order valence-corrected chi connectivity index (χ1v) is 5.88. The van der Waals surface area contributed by atoms with Gasteiger partial charge in [-0.2, -0.15) is 0 Å². The molecule has 4 nitrogen and oxygen atoms in total. The monoisotopic (exact) mass is 257 g/mol. The second kappa shape index (κ2) is 5.44. The van der Waals surface area contributed by atoms with Crippen molar-refractivity contribution in [1.29, 1.82) is 0 Å². The number of carbonyl (C=O) groups is 1. The van der Waals surface area contributed by atoms with E-state index in [9.17, 15) is 9.90 Å². The smallest absolute Gasteiger partial charge is 0.163 e. The Hall–Kier alpha value is -2.49. The summed E-state index contributed by atoms with van der Waals surface area (Å²) in [5.74, 6) is -0.0101. The number of carbonyl (C=O) groups excluding carboxylic acids is 1. The number of benzene rings is 2. The highest BCUT2D eigenvalue weighted by atomic mass is 16.5. The van der Waals surface area contributed by atoms with Gasteiger partial charge in [0, 0.05) is 17.3 Å². The fourth-order valence-electron chi connectivity index (χ4n) is 1.74. The van der Waals surface area contributed by atoms with Crippen molar-refractivity contribution in [3.05, 3.63) is 53.6 Å². The normalized spacial score (nSPS) is 10.2. The van der Waals surface area contributed by atoms with Gasteiger partial charge in [0.2, 0.25) is 0 Å². The van der Waals surface area contributed by atoms with Crippen LogP contribution in [-0.2, 0) is 6.61 Å². The second-order valence-corrected chi connectivity index (χ2v) is 4.24. The Kier molecular flexibility index (Phi) is 3.71. The molecule has 0 saturated heterocycles. The molecule has 2 rings (SSSR count). The summed E-state index contributed by atoms with van der Waals surface area (Å²) >= 11 is 0. The number of phenols is 1. The number of nitrogens with two attached hydrogens (primary N) is 1. The molecule has 2 aromatic rings. The molecule has 0 amide bonds. The van der Waals surface area contributed by atoms with Gasteiger partial charge in [-0.3, -0.25) is 4.79 Å². The van der Waals surface area contributed by atoms with Crippen LogP contribution in [-0.4, -0.2) is 10.9 Å². The lowest BCUT2D eigenvalue weighted by Gasteiger charge is -2.11. The maximum Gasteiger partial charge on any atom is 0.163 e. The Morgan fingerprint density at radius 2 is 1.95 bits per heavy atom. The molecular formula is C15H15NO3. The van der Waals surface area contributed by atoms with Gasteiger partial charge < -0.3 is 15.6 Å². The van der Waals surface area contributed by atoms with Crippen molar-refractivity contribution < 1.29 is 14.6 Å². The first kappa shape index (κ1) is 13.0. The Bertz CT molecular complexity index is 594. The summed E-state index contributed by atoms with van der Waals surface area (Å²) in [5.41, 5.74) is 7.33. The van der Waals surface area contributed by atoms with E-state index in [-0.39, 0.29) is 17.3 Å². The number of rotatable bonds is 4. The van der Waals surface area contributed by atoms with Crippen LogP contribution in [0.2, 0.25) is 0 Å². The number of phenolic OH excluding ortho intramolecular Hbond substituents is 1. The minimum absolute atomic E-state index is 0.0877. The van der Waals surface area contributed by atoms with Crippen molar-refractivity contribution in [2.45, 2.75) is 13.5 Å². The van der Waals surface area contributed by atoms with E-state index in [1.807, 2.05) is 30.3 Å². The number of hydrogen-bond acceptors (Lipinski definition) is 4. The third-order valence-corrected chi connectivity index (χ3v) is 2.75. The van der Waals surface area contributed by atoms with Crippen LogP contribution in [0.15, 0.2) is 42.5 Å². The quantitative estimate of drug-likeness (QED) is 0.502. The number of Topliss-reactive ketones (excluding diaryl/α,β-unsaturated/α-hetero) is 1. The van der Waals surface area contributed by atoms with E-state index in [0.717, 1.165) is 5.56 Å². The topological polar surface area (TPSA) is 72.5 Å². The van der Waals surface area contributed by atoms with Crippen molar-refractivity contribution in [2.24, 2.45) is 0 Å². The van der Waals surface area contributed by atoms with E-state index in [1.54, 1.807) is 0 Å². The zero-order valence-electron chi connectivity index (χ0n) is 10.6. The number of ether oxygens (including phenoxy) is 1. The van der Waals surface area contributed by atoms with Gasteiger partial charge in [-0.25, -0.2) is 0 Å². The standard InChI is InChI=1S/C15H15NO3/c1-10(17)12-7-14(18)15(8-13(12)16)19-9-11-5-3-2-4-6-11/h2-8,18H,9,16H2,1H3. The fraction of sp³-hybridized carbons (Fsp3) is 0.133. The summed E-state index contributed by atoms with van der Waals surface area (Å²) in [6, 6.07) is 12.4. The predicted octanol–water partition coefficient (Wildman–Crippen LogP) is 2.76. The van der Waals surface area contributed by atoms with Crippen LogP contribution in [0.1, 0.15) is 22.8 Å². The molecule has 3 N–H and O–H groups in total. The molecule has 98 valence electrons. The lowest BCUT2D eigenvalue weighted by molar-refractivity contribution is 0.101. The lowest BCUT2D eigenvalue weighted by atomic mass is 10.1. The van der Waals surface area contributed by atoms with Gasteiger partial charge in [0.1, 0.15) is 6.61 Å². The van der Waals surface area contributed by atoms with E-state index in [0.29, 0.717) is 17.9 Å². The molecule has 0 aliphatic rings. The van der Waals surface area contributed by atoms with E-state index < -0.39 is 0 Å². The molecule has 0 fully saturated rings. The summed E-state index contributed by atoms with van der Waals surface area (Å²) in [6.45, 7) is 1.73. The number of ketones is 1. The van der Waals surface area contributed by atoms with Gasteiger partial charge in [-0.1, -0.05) is 30.3 Å². The summed E-state index contributed by atoms with van der Waals surface area (Å²) < 4.78 is 5.50. The first-order valence-electron chi connectivity index (χ1n) is 5.88. The molecule has 0 aliphatic heterocycles. The molecule has 0 aromatic heterocycles. The zero-order chi connectivity index (χ0) is 13.8. The van der Waals surface area contributed by atoms with Crippen LogP contribution in [0.25, 0.3) is 0 Å². The maximum absolute atomic E-state index is 11.3. The highest BCUT2D eigenvalue weighted by Crippen LogP contribution is 2.32. The average molecular weight is 257 g/mol. The summed E-state index contributed by atoms with van der Waals surface area (Å²) in [6.07, 6.45) is 0. The Morgan fingerprint density at radius 3 is 2.58 bits per heavy atom. The molecule has 0 saturated carbocycles. The van der Waals surface area contributed by atoms with E-state index in [4.69, 9.17) is 10.5 Å². The van der Waals surface area contributed by atoms with Crippen LogP contribution in [0.4, 0.5) is 5.69 Å². The second-order valence-electron chi connectivity index (χ2n) is 4.24. The van der Waals surface area contributed by atoms with Crippen LogP contribution < -0.4 is 10.5 Å². The minimum atomic E-state index is -0.192. The van der Waals surface area contributed by atoms with E-state index in [2.05, 4.69) is 0 Å². The number of anilines is 1. The van der Waals surface area contributed by atoms with Crippen molar-refractivity contribution in [1.82, 2.24) is 0 Å². The minimum Gasteiger partial charge on any atom is -0.504 e. The first-order chi connectivity index (χ1) is 9.08. The van der Waals surface area contributed by atoms with Gasteiger partial charge in [0.05, 0.1) is 0 Å². The number of hydrogen-bond donors (Lipinski definition) is 2. The van der Waals surface area contributed by atoms with Crippen LogP contribution in [0, 0.1) is 0 Å². The molecule has 0 bridgehead atoms. The van der Waals surface area contributed by atoms with Crippen molar-refractivity contribution in [2.75, 3.05) is 5.73 Å². The maximum atomic E-state index is 11.3. The summed E-state index contributed by atoms with van der Waals surface area (Å²) in [7, 11) is 0. The highest BCUT2D eigenvalue weighted by molar-refractivity contribution is 5.99. The lowest BCUT2D eigenvalue weighted by Crippen LogP contribution is -2.02. The van der Waals surface area contributed by atoms with E-state index in [1.165, 1.54) is 19.1 Å².